The van der Waals surface area contributed by atoms with Gasteiger partial charge in [0, 0.05) is 11.5 Å². The van der Waals surface area contributed by atoms with Crippen molar-refractivity contribution >= 4 is 5.97 Å². The first-order valence-corrected chi connectivity index (χ1v) is 6.87. The summed E-state index contributed by atoms with van der Waals surface area (Å²) in [5.41, 5.74) is 10.4. The van der Waals surface area contributed by atoms with Crippen molar-refractivity contribution in [2.24, 2.45) is 5.11 Å². The molecular formula is C15H22N4O2. The Morgan fingerprint density at radius 1 is 1.48 bits per heavy atom. The first kappa shape index (κ1) is 17.0. The Hall–Kier alpha value is -2.04. The molecule has 114 valence electrons. The second kappa shape index (κ2) is 7.67. The van der Waals surface area contributed by atoms with Crippen molar-refractivity contribution in [1.29, 1.82) is 0 Å². The van der Waals surface area contributed by atoms with E-state index in [2.05, 4.69) is 15.3 Å². The van der Waals surface area contributed by atoms with Crippen molar-refractivity contribution in [3.8, 4) is 0 Å². The summed E-state index contributed by atoms with van der Waals surface area (Å²) >= 11 is 0. The number of esters is 1. The molecule has 1 aromatic rings. The predicted octanol–water partition coefficient (Wildman–Crippen LogP) is 2.98. The molecule has 0 aliphatic carbocycles. The maximum Gasteiger partial charge on any atom is 0.330 e. The van der Waals surface area contributed by atoms with Crippen molar-refractivity contribution in [3.05, 3.63) is 45.3 Å². The minimum absolute atomic E-state index is 0.333. The molecule has 1 rings (SSSR count). The van der Waals surface area contributed by atoms with Crippen LogP contribution in [0.2, 0.25) is 0 Å². The van der Waals surface area contributed by atoms with Crippen LogP contribution in [0.5, 0.6) is 0 Å². The van der Waals surface area contributed by atoms with Gasteiger partial charge in [-0.1, -0.05) is 28.9 Å². The Morgan fingerprint density at radius 2 is 2.19 bits per heavy atom. The number of hydrogen-bond acceptors (Lipinski definition) is 4. The molecule has 6 heteroatoms. The van der Waals surface area contributed by atoms with Gasteiger partial charge >= 0.3 is 5.97 Å². The van der Waals surface area contributed by atoms with Crippen molar-refractivity contribution in [2.45, 2.75) is 32.7 Å². The third-order valence-corrected chi connectivity index (χ3v) is 3.50. The third kappa shape index (κ3) is 4.21. The topological polar surface area (TPSA) is 87.1 Å². The molecular weight excluding hydrogens is 268 g/mol. The van der Waals surface area contributed by atoms with E-state index < -0.39 is 5.54 Å². The average Bonchev–Trinajstić information content (AvgIpc) is 2.48. The van der Waals surface area contributed by atoms with E-state index >= 15 is 0 Å². The van der Waals surface area contributed by atoms with Crippen molar-refractivity contribution in [3.63, 3.8) is 0 Å². The summed E-state index contributed by atoms with van der Waals surface area (Å²) in [6.45, 7) is 6.72. The Balaban J connectivity index is 3.00. The van der Waals surface area contributed by atoms with Gasteiger partial charge in [0.1, 0.15) is 5.54 Å². The molecule has 0 radical (unpaired) electrons. The zero-order valence-electron chi connectivity index (χ0n) is 13.0. The van der Waals surface area contributed by atoms with Crippen LogP contribution >= 0.6 is 0 Å². The molecule has 0 aromatic heterocycles. The van der Waals surface area contributed by atoms with Crippen LogP contribution in [0.4, 0.5) is 0 Å². The van der Waals surface area contributed by atoms with Gasteiger partial charge in [0.25, 0.3) is 0 Å². The molecule has 0 bridgehead atoms. The molecule has 1 aromatic carbocycles. The molecule has 1 N–H and O–H groups in total. The maximum atomic E-state index is 12.3. The van der Waals surface area contributed by atoms with Crippen LogP contribution in [0, 0.1) is 13.8 Å². The Bertz CT molecular complexity index is 553. The predicted molar refractivity (Wildman–Crippen MR) is 81.9 cm³/mol. The second-order valence-electron chi connectivity index (χ2n) is 5.17. The summed E-state index contributed by atoms with van der Waals surface area (Å²) in [5.74, 6) is -0.333. The van der Waals surface area contributed by atoms with Crippen molar-refractivity contribution < 1.29 is 9.53 Å². The Morgan fingerprint density at radius 3 is 2.81 bits per heavy atom. The molecule has 1 atom stereocenters. The van der Waals surface area contributed by atoms with E-state index in [4.69, 9.17) is 10.3 Å². The number of nitrogens with one attached hydrogen (secondary N) is 1. The number of aryl methyl sites for hydroxylation is 2. The number of nitrogens with zero attached hydrogens (tertiary/aromatic N) is 3. The van der Waals surface area contributed by atoms with E-state index in [-0.39, 0.29) is 5.97 Å². The van der Waals surface area contributed by atoms with Crippen molar-refractivity contribution in [2.75, 3.05) is 20.2 Å². The van der Waals surface area contributed by atoms with Gasteiger partial charge in [-0.05, 0) is 50.4 Å². The minimum atomic E-state index is -0.915. The lowest BCUT2D eigenvalue weighted by Gasteiger charge is -2.30. The van der Waals surface area contributed by atoms with Gasteiger partial charge in [-0.15, -0.1) is 0 Å². The highest BCUT2D eigenvalue weighted by Crippen LogP contribution is 2.26. The minimum Gasteiger partial charge on any atom is -0.467 e. The normalized spacial score (nSPS) is 13.1. The van der Waals surface area contributed by atoms with Gasteiger partial charge in [-0.25, -0.2) is 4.79 Å². The molecule has 0 aliphatic rings. The fraction of sp³-hybridized carbons (Fsp3) is 0.533. The van der Waals surface area contributed by atoms with Gasteiger partial charge in [0.05, 0.1) is 7.11 Å². The Labute approximate surface area is 125 Å². The Kier molecular flexibility index (Phi) is 6.21. The fourth-order valence-electron chi connectivity index (χ4n) is 2.29. The van der Waals surface area contributed by atoms with E-state index in [1.165, 1.54) is 7.11 Å². The average molecular weight is 290 g/mol. The van der Waals surface area contributed by atoms with Gasteiger partial charge in [0.2, 0.25) is 0 Å². The summed E-state index contributed by atoms with van der Waals surface area (Å²) in [5, 5.41) is 6.72. The first-order chi connectivity index (χ1) is 9.95. The van der Waals surface area contributed by atoms with E-state index in [1.54, 1.807) is 0 Å². The number of azide groups is 1. The van der Waals surface area contributed by atoms with Gasteiger partial charge in [-0.3, -0.25) is 5.32 Å². The molecule has 0 aliphatic heterocycles. The summed E-state index contributed by atoms with van der Waals surface area (Å²) in [4.78, 5) is 15.0. The largest absolute Gasteiger partial charge is 0.467 e. The lowest BCUT2D eigenvalue weighted by atomic mass is 9.87. The molecule has 1 unspecified atom stereocenters. The molecule has 0 saturated carbocycles. The number of methoxy groups -OCH3 is 1. The van der Waals surface area contributed by atoms with Crippen LogP contribution < -0.4 is 5.32 Å². The quantitative estimate of drug-likeness (QED) is 0.275. The molecule has 0 spiro atoms. The second-order valence-corrected chi connectivity index (χ2v) is 5.17. The lowest BCUT2D eigenvalue weighted by Crippen LogP contribution is -2.48. The number of carbonyl (C=O) groups excluding carboxylic acids is 1. The summed E-state index contributed by atoms with van der Waals surface area (Å²) < 4.78 is 4.96. The van der Waals surface area contributed by atoms with Crippen LogP contribution in [0.1, 0.15) is 30.0 Å². The van der Waals surface area contributed by atoms with Crippen LogP contribution in [-0.2, 0) is 15.1 Å². The molecule has 0 saturated heterocycles. The SMILES string of the molecule is COC(=O)C(C)(NCCCN=[N+]=[N-])c1cc(C)ccc1C. The molecule has 0 amide bonds. The zero-order valence-corrected chi connectivity index (χ0v) is 13.0. The molecule has 6 nitrogen and oxygen atoms in total. The standard InChI is InChI=1S/C15H22N4O2/c1-11-6-7-12(2)13(10-11)15(3,14(20)21-4)17-8-5-9-18-19-16/h6-7,10,17H,5,8-9H2,1-4H3. The summed E-state index contributed by atoms with van der Waals surface area (Å²) in [6.07, 6.45) is 0.654. The lowest BCUT2D eigenvalue weighted by molar-refractivity contribution is -0.148. The zero-order chi connectivity index (χ0) is 15.9. The van der Waals surface area contributed by atoms with Crippen LogP contribution in [0.3, 0.4) is 0 Å². The third-order valence-electron chi connectivity index (χ3n) is 3.50. The maximum absolute atomic E-state index is 12.3. The number of rotatable bonds is 7. The van der Waals surface area contributed by atoms with E-state index in [9.17, 15) is 4.79 Å². The van der Waals surface area contributed by atoms with Crippen LogP contribution in [-0.4, -0.2) is 26.2 Å². The van der Waals surface area contributed by atoms with E-state index in [1.807, 2.05) is 39.0 Å². The number of carbonyl (C=O) groups is 1. The fourth-order valence-corrected chi connectivity index (χ4v) is 2.29. The smallest absolute Gasteiger partial charge is 0.330 e. The van der Waals surface area contributed by atoms with Gasteiger partial charge < -0.3 is 4.74 Å². The highest BCUT2D eigenvalue weighted by molar-refractivity contribution is 5.82. The van der Waals surface area contributed by atoms with Gasteiger partial charge in [-0.2, -0.15) is 0 Å². The molecule has 0 heterocycles. The molecule has 21 heavy (non-hydrogen) atoms. The van der Waals surface area contributed by atoms with Crippen LogP contribution in [0.15, 0.2) is 23.3 Å². The number of benzene rings is 1. The van der Waals surface area contributed by atoms with E-state index in [0.717, 1.165) is 16.7 Å². The highest BCUT2D eigenvalue weighted by atomic mass is 16.5. The highest BCUT2D eigenvalue weighted by Gasteiger charge is 2.36. The molecule has 0 fully saturated rings. The monoisotopic (exact) mass is 290 g/mol. The number of ether oxygens (including phenoxy) is 1. The summed E-state index contributed by atoms with van der Waals surface area (Å²) in [6, 6.07) is 6.00. The number of hydrogen-bond donors (Lipinski definition) is 1. The van der Waals surface area contributed by atoms with E-state index in [0.29, 0.717) is 19.5 Å². The van der Waals surface area contributed by atoms with Crippen LogP contribution in [0.25, 0.3) is 10.4 Å². The van der Waals surface area contributed by atoms with Gasteiger partial charge in [0.15, 0.2) is 0 Å². The summed E-state index contributed by atoms with van der Waals surface area (Å²) in [7, 11) is 1.38. The first-order valence-electron chi connectivity index (χ1n) is 6.87. The van der Waals surface area contributed by atoms with Crippen molar-refractivity contribution in [1.82, 2.24) is 5.32 Å².